The molecule has 0 aliphatic heterocycles. The highest BCUT2D eigenvalue weighted by Crippen LogP contribution is 2.26. The topological polar surface area (TPSA) is 56.3 Å². The Bertz CT molecular complexity index is 579. The van der Waals surface area contributed by atoms with Crippen LogP contribution in [0.2, 0.25) is 0 Å². The first-order valence-electron chi connectivity index (χ1n) is 7.09. The fraction of sp³-hybridized carbons (Fsp3) is 0.438. The number of rotatable bonds is 6. The lowest BCUT2D eigenvalue weighted by molar-refractivity contribution is 0.208. The molecule has 2 N–H and O–H groups in total. The zero-order chi connectivity index (χ0) is 15.4. The molecule has 2 rings (SSSR count). The molecule has 0 spiro atoms. The Morgan fingerprint density at radius 3 is 2.67 bits per heavy atom. The van der Waals surface area contributed by atoms with E-state index in [1.165, 1.54) is 0 Å². The van der Waals surface area contributed by atoms with Crippen LogP contribution in [0.4, 0.5) is 0 Å². The average Bonchev–Trinajstić information content (AvgIpc) is 2.85. The molecule has 5 nitrogen and oxygen atoms in total. The Morgan fingerprint density at radius 1 is 1.38 bits per heavy atom. The smallest absolute Gasteiger partial charge is 0.123 e. The standard InChI is InChI=1S/C16H24N4O/c1-12(17)16(14-9-18-20(3)11-14)19(2)10-13-7-5-6-8-15(13)21-4/h5-9,11-12,16H,10,17H2,1-4H3. The summed E-state index contributed by atoms with van der Waals surface area (Å²) >= 11 is 0. The van der Waals surface area contributed by atoms with Crippen LogP contribution in [0.1, 0.15) is 24.1 Å². The number of likely N-dealkylation sites (N-methyl/N-ethyl adjacent to an activating group) is 1. The predicted molar refractivity (Wildman–Crippen MR) is 84.1 cm³/mol. The SMILES string of the molecule is COc1ccccc1CN(C)C(c1cnn(C)c1)C(C)N. The summed E-state index contributed by atoms with van der Waals surface area (Å²) < 4.78 is 7.23. The quantitative estimate of drug-likeness (QED) is 0.882. The number of nitrogens with two attached hydrogens (primary N) is 1. The minimum absolute atomic E-state index is 0.00825. The Hall–Kier alpha value is -1.85. The van der Waals surface area contributed by atoms with Crippen molar-refractivity contribution in [3.8, 4) is 5.75 Å². The molecule has 0 bridgehead atoms. The molecule has 0 amide bonds. The maximum absolute atomic E-state index is 6.19. The molecule has 114 valence electrons. The first-order valence-corrected chi connectivity index (χ1v) is 7.09. The molecule has 0 saturated heterocycles. The summed E-state index contributed by atoms with van der Waals surface area (Å²) in [5.41, 5.74) is 8.47. The van der Waals surface area contributed by atoms with Crippen molar-refractivity contribution >= 4 is 0 Å². The molecule has 0 aliphatic rings. The monoisotopic (exact) mass is 288 g/mol. The first-order chi connectivity index (χ1) is 10.0. The third-order valence-corrected chi connectivity index (χ3v) is 3.65. The summed E-state index contributed by atoms with van der Waals surface area (Å²) in [6, 6.07) is 8.19. The second-order valence-corrected chi connectivity index (χ2v) is 5.48. The van der Waals surface area contributed by atoms with E-state index in [1.807, 2.05) is 49.2 Å². The molecule has 2 aromatic rings. The maximum atomic E-state index is 6.19. The van der Waals surface area contributed by atoms with E-state index in [2.05, 4.69) is 23.1 Å². The highest BCUT2D eigenvalue weighted by Gasteiger charge is 2.23. The minimum Gasteiger partial charge on any atom is -0.496 e. The molecule has 0 aliphatic carbocycles. The van der Waals surface area contributed by atoms with E-state index in [9.17, 15) is 0 Å². The Labute approximate surface area is 126 Å². The van der Waals surface area contributed by atoms with Gasteiger partial charge in [0, 0.05) is 37.0 Å². The van der Waals surface area contributed by atoms with E-state index in [4.69, 9.17) is 10.5 Å². The van der Waals surface area contributed by atoms with E-state index >= 15 is 0 Å². The molecule has 2 unspecified atom stereocenters. The molecule has 21 heavy (non-hydrogen) atoms. The van der Waals surface area contributed by atoms with Gasteiger partial charge in [-0.05, 0) is 20.0 Å². The van der Waals surface area contributed by atoms with Crippen molar-refractivity contribution in [2.45, 2.75) is 25.6 Å². The van der Waals surface area contributed by atoms with Gasteiger partial charge in [0.2, 0.25) is 0 Å². The lowest BCUT2D eigenvalue weighted by atomic mass is 10.0. The molecule has 1 aromatic heterocycles. The predicted octanol–water partition coefficient (Wildman–Crippen LogP) is 1.95. The highest BCUT2D eigenvalue weighted by atomic mass is 16.5. The number of benzene rings is 1. The number of aryl methyl sites for hydroxylation is 1. The van der Waals surface area contributed by atoms with Gasteiger partial charge in [-0.2, -0.15) is 5.10 Å². The van der Waals surface area contributed by atoms with Crippen LogP contribution in [-0.2, 0) is 13.6 Å². The zero-order valence-electron chi connectivity index (χ0n) is 13.2. The lowest BCUT2D eigenvalue weighted by Gasteiger charge is -2.30. The van der Waals surface area contributed by atoms with Crippen LogP contribution in [0.15, 0.2) is 36.7 Å². The van der Waals surface area contributed by atoms with E-state index in [0.717, 1.165) is 23.4 Å². The molecule has 0 fully saturated rings. The molecular formula is C16H24N4O. The fourth-order valence-corrected chi connectivity index (χ4v) is 2.75. The molecule has 2 atom stereocenters. The van der Waals surface area contributed by atoms with Crippen LogP contribution in [0, 0.1) is 0 Å². The van der Waals surface area contributed by atoms with Gasteiger partial charge in [-0.15, -0.1) is 0 Å². The van der Waals surface area contributed by atoms with Gasteiger partial charge in [0.25, 0.3) is 0 Å². The Balaban J connectivity index is 2.21. The van der Waals surface area contributed by atoms with Gasteiger partial charge >= 0.3 is 0 Å². The van der Waals surface area contributed by atoms with E-state index < -0.39 is 0 Å². The summed E-state index contributed by atoms with van der Waals surface area (Å²) in [6.07, 6.45) is 3.90. The average molecular weight is 288 g/mol. The fourth-order valence-electron chi connectivity index (χ4n) is 2.75. The van der Waals surface area contributed by atoms with Crippen molar-refractivity contribution in [3.05, 3.63) is 47.8 Å². The third kappa shape index (κ3) is 3.62. The van der Waals surface area contributed by atoms with Crippen molar-refractivity contribution in [1.82, 2.24) is 14.7 Å². The van der Waals surface area contributed by atoms with Gasteiger partial charge in [0.1, 0.15) is 5.75 Å². The maximum Gasteiger partial charge on any atom is 0.123 e. The van der Waals surface area contributed by atoms with Gasteiger partial charge in [0.15, 0.2) is 0 Å². The summed E-state index contributed by atoms with van der Waals surface area (Å²) in [7, 11) is 5.69. The second-order valence-electron chi connectivity index (χ2n) is 5.48. The van der Waals surface area contributed by atoms with Gasteiger partial charge < -0.3 is 10.5 Å². The van der Waals surface area contributed by atoms with Crippen LogP contribution in [0.3, 0.4) is 0 Å². The normalized spacial score (nSPS) is 14.2. The molecule has 1 heterocycles. The number of ether oxygens (including phenoxy) is 1. The number of hydrogen-bond donors (Lipinski definition) is 1. The Morgan fingerprint density at radius 2 is 2.10 bits per heavy atom. The lowest BCUT2D eigenvalue weighted by Crippen LogP contribution is -2.36. The molecule has 5 heteroatoms. The van der Waals surface area contributed by atoms with Crippen LogP contribution in [0.25, 0.3) is 0 Å². The molecule has 0 saturated carbocycles. The number of aromatic nitrogens is 2. The summed E-state index contributed by atoms with van der Waals surface area (Å²) in [6.45, 7) is 2.79. The van der Waals surface area contributed by atoms with Crippen molar-refractivity contribution in [2.75, 3.05) is 14.2 Å². The molecule has 1 aromatic carbocycles. The van der Waals surface area contributed by atoms with Crippen molar-refractivity contribution in [2.24, 2.45) is 12.8 Å². The van der Waals surface area contributed by atoms with Crippen molar-refractivity contribution in [3.63, 3.8) is 0 Å². The largest absolute Gasteiger partial charge is 0.496 e. The highest BCUT2D eigenvalue weighted by molar-refractivity contribution is 5.33. The number of methoxy groups -OCH3 is 1. The number of para-hydroxylation sites is 1. The van der Waals surface area contributed by atoms with Crippen LogP contribution in [0.5, 0.6) is 5.75 Å². The van der Waals surface area contributed by atoms with Gasteiger partial charge in [0.05, 0.1) is 19.3 Å². The number of hydrogen-bond acceptors (Lipinski definition) is 4. The van der Waals surface area contributed by atoms with Gasteiger partial charge in [-0.25, -0.2) is 0 Å². The van der Waals surface area contributed by atoms with Crippen LogP contribution in [-0.4, -0.2) is 34.9 Å². The minimum atomic E-state index is 0.00825. The molecule has 0 radical (unpaired) electrons. The number of nitrogens with zero attached hydrogens (tertiary/aromatic N) is 3. The Kier molecular flexibility index (Phi) is 4.98. The van der Waals surface area contributed by atoms with Gasteiger partial charge in [-0.3, -0.25) is 9.58 Å². The third-order valence-electron chi connectivity index (χ3n) is 3.65. The second kappa shape index (κ2) is 6.74. The zero-order valence-corrected chi connectivity index (χ0v) is 13.2. The van der Waals surface area contributed by atoms with Crippen molar-refractivity contribution < 1.29 is 4.74 Å². The van der Waals surface area contributed by atoms with E-state index in [0.29, 0.717) is 0 Å². The summed E-state index contributed by atoms with van der Waals surface area (Å²) in [4.78, 5) is 2.24. The van der Waals surface area contributed by atoms with Crippen molar-refractivity contribution in [1.29, 1.82) is 0 Å². The van der Waals surface area contributed by atoms with Gasteiger partial charge in [-0.1, -0.05) is 18.2 Å². The summed E-state index contributed by atoms with van der Waals surface area (Å²) in [5, 5.41) is 4.25. The summed E-state index contributed by atoms with van der Waals surface area (Å²) in [5.74, 6) is 0.902. The van der Waals surface area contributed by atoms with E-state index in [1.54, 1.807) is 7.11 Å². The van der Waals surface area contributed by atoms with Crippen LogP contribution < -0.4 is 10.5 Å². The first kappa shape index (κ1) is 15.5. The molecular weight excluding hydrogens is 264 g/mol. The van der Waals surface area contributed by atoms with E-state index in [-0.39, 0.29) is 12.1 Å². The van der Waals surface area contributed by atoms with Crippen LogP contribution >= 0.6 is 0 Å².